The van der Waals surface area contributed by atoms with Crippen molar-refractivity contribution >= 4 is 27.8 Å². The van der Waals surface area contributed by atoms with Crippen molar-refractivity contribution in [1.82, 2.24) is 18.7 Å². The summed E-state index contributed by atoms with van der Waals surface area (Å²) in [4.78, 5) is 43.5. The number of rotatable bonds is 5. The van der Waals surface area contributed by atoms with Crippen LogP contribution in [0.4, 0.5) is 0 Å². The smallest absolute Gasteiger partial charge is 0.332 e. The SMILES string of the molecule is Cc1cccc2c1c(Cn1c(=O)n(C(C(=O)O)c3ccccc3)c(=O)c3cnccc31)cn2C. The highest BCUT2D eigenvalue weighted by molar-refractivity contribution is 5.87. The van der Waals surface area contributed by atoms with Crippen molar-refractivity contribution < 1.29 is 9.90 Å². The maximum atomic E-state index is 13.8. The summed E-state index contributed by atoms with van der Waals surface area (Å²) in [6.07, 6.45) is 4.85. The maximum absolute atomic E-state index is 13.8. The summed E-state index contributed by atoms with van der Waals surface area (Å²) < 4.78 is 4.27. The van der Waals surface area contributed by atoms with Gasteiger partial charge < -0.3 is 9.67 Å². The molecule has 0 saturated carbocycles. The number of aryl methyl sites for hydroxylation is 2. The van der Waals surface area contributed by atoms with Gasteiger partial charge in [0.05, 0.1) is 17.4 Å². The summed E-state index contributed by atoms with van der Waals surface area (Å²) in [5.74, 6) is -1.29. The first-order valence-electron chi connectivity index (χ1n) is 10.8. The predicted molar refractivity (Wildman–Crippen MR) is 129 cm³/mol. The molecule has 34 heavy (non-hydrogen) atoms. The number of benzene rings is 2. The van der Waals surface area contributed by atoms with Gasteiger partial charge in [-0.1, -0.05) is 42.5 Å². The monoisotopic (exact) mass is 454 g/mol. The number of nitrogens with zero attached hydrogens (tertiary/aromatic N) is 4. The van der Waals surface area contributed by atoms with Gasteiger partial charge in [-0.25, -0.2) is 14.2 Å². The van der Waals surface area contributed by atoms with E-state index >= 15 is 0 Å². The number of carboxylic acids is 1. The van der Waals surface area contributed by atoms with Gasteiger partial charge in [0, 0.05) is 36.5 Å². The van der Waals surface area contributed by atoms with Gasteiger partial charge in [0.2, 0.25) is 0 Å². The summed E-state index contributed by atoms with van der Waals surface area (Å²) in [7, 11) is 1.94. The summed E-state index contributed by atoms with van der Waals surface area (Å²) in [5, 5.41) is 11.2. The topological polar surface area (TPSA) is 99.1 Å². The largest absolute Gasteiger partial charge is 0.479 e. The summed E-state index contributed by atoms with van der Waals surface area (Å²) in [6, 6.07) is 14.4. The van der Waals surface area contributed by atoms with Crippen LogP contribution in [0.15, 0.2) is 82.8 Å². The average molecular weight is 454 g/mol. The number of pyridine rings is 1. The lowest BCUT2D eigenvalue weighted by Crippen LogP contribution is -2.45. The number of carboxylic acid groups (broad SMARTS) is 1. The normalized spacial score (nSPS) is 12.3. The molecule has 3 aromatic heterocycles. The van der Waals surface area contributed by atoms with Crippen LogP contribution in [0.3, 0.4) is 0 Å². The Hall–Kier alpha value is -4.46. The molecular weight excluding hydrogens is 432 g/mol. The zero-order valence-corrected chi connectivity index (χ0v) is 18.7. The Balaban J connectivity index is 1.82. The molecule has 0 aliphatic heterocycles. The van der Waals surface area contributed by atoms with Crippen LogP contribution in [-0.4, -0.2) is 29.8 Å². The fraction of sp³-hybridized carbons (Fsp3) is 0.154. The Labute approximate surface area is 194 Å². The van der Waals surface area contributed by atoms with Crippen LogP contribution in [0.2, 0.25) is 0 Å². The van der Waals surface area contributed by atoms with Crippen molar-refractivity contribution in [3.63, 3.8) is 0 Å². The molecule has 0 bridgehead atoms. The van der Waals surface area contributed by atoms with Crippen molar-refractivity contribution in [2.45, 2.75) is 19.5 Å². The molecule has 0 amide bonds. The first kappa shape index (κ1) is 21.4. The second kappa shape index (κ2) is 8.15. The summed E-state index contributed by atoms with van der Waals surface area (Å²) >= 11 is 0. The van der Waals surface area contributed by atoms with E-state index in [9.17, 15) is 19.5 Å². The minimum atomic E-state index is -1.47. The van der Waals surface area contributed by atoms with Gasteiger partial charge in [0.1, 0.15) is 0 Å². The Bertz CT molecular complexity index is 1680. The van der Waals surface area contributed by atoms with E-state index in [-0.39, 0.29) is 11.9 Å². The summed E-state index contributed by atoms with van der Waals surface area (Å²) in [5.41, 5.74) is 2.35. The first-order valence-corrected chi connectivity index (χ1v) is 10.8. The molecule has 0 radical (unpaired) electrons. The van der Waals surface area contributed by atoms with E-state index in [1.54, 1.807) is 36.4 Å². The van der Waals surface area contributed by atoms with Gasteiger partial charge in [0.15, 0.2) is 6.04 Å². The Morgan fingerprint density at radius 2 is 1.79 bits per heavy atom. The number of hydrogen-bond donors (Lipinski definition) is 1. The third kappa shape index (κ3) is 3.31. The van der Waals surface area contributed by atoms with Crippen LogP contribution in [0.5, 0.6) is 0 Å². The van der Waals surface area contributed by atoms with E-state index in [0.29, 0.717) is 11.1 Å². The van der Waals surface area contributed by atoms with E-state index < -0.39 is 23.3 Å². The van der Waals surface area contributed by atoms with Crippen LogP contribution in [0.1, 0.15) is 22.7 Å². The number of aliphatic carboxylic acids is 1. The van der Waals surface area contributed by atoms with Crippen LogP contribution >= 0.6 is 0 Å². The quantitative estimate of drug-likeness (QED) is 0.440. The lowest BCUT2D eigenvalue weighted by molar-refractivity contribution is -0.139. The van der Waals surface area contributed by atoms with Crippen LogP contribution in [0.25, 0.3) is 21.8 Å². The van der Waals surface area contributed by atoms with Crippen LogP contribution in [0, 0.1) is 6.92 Å². The third-order valence-corrected chi connectivity index (χ3v) is 6.21. The molecule has 3 heterocycles. The van der Waals surface area contributed by atoms with Gasteiger partial charge in [0.25, 0.3) is 5.56 Å². The highest BCUT2D eigenvalue weighted by atomic mass is 16.4. The molecule has 1 unspecified atom stereocenters. The molecule has 170 valence electrons. The zero-order chi connectivity index (χ0) is 24.0. The predicted octanol–water partition coefficient (Wildman–Crippen LogP) is 3.08. The fourth-order valence-electron chi connectivity index (χ4n) is 4.68. The molecule has 1 atom stereocenters. The maximum Gasteiger partial charge on any atom is 0.332 e. The molecular formula is C26H22N4O4. The van der Waals surface area contributed by atoms with E-state index in [0.717, 1.165) is 26.6 Å². The fourth-order valence-corrected chi connectivity index (χ4v) is 4.68. The van der Waals surface area contributed by atoms with Crippen LogP contribution < -0.4 is 11.2 Å². The number of aromatic nitrogens is 4. The highest BCUT2D eigenvalue weighted by Crippen LogP contribution is 2.25. The Kier molecular flexibility index (Phi) is 5.13. The van der Waals surface area contributed by atoms with Crippen molar-refractivity contribution in [2.24, 2.45) is 7.05 Å². The molecule has 8 nitrogen and oxygen atoms in total. The van der Waals surface area contributed by atoms with Crippen LogP contribution in [-0.2, 0) is 18.4 Å². The third-order valence-electron chi connectivity index (χ3n) is 6.21. The molecule has 2 aromatic carbocycles. The van der Waals surface area contributed by atoms with E-state index in [2.05, 4.69) is 4.98 Å². The first-order chi connectivity index (χ1) is 16.4. The van der Waals surface area contributed by atoms with Gasteiger partial charge in [-0.2, -0.15) is 0 Å². The van der Waals surface area contributed by atoms with Crippen molar-refractivity contribution in [3.8, 4) is 0 Å². The second-order valence-electron chi connectivity index (χ2n) is 8.32. The van der Waals surface area contributed by atoms with Gasteiger partial charge in [-0.15, -0.1) is 0 Å². The molecule has 5 aromatic rings. The summed E-state index contributed by atoms with van der Waals surface area (Å²) in [6.45, 7) is 2.18. The van der Waals surface area contributed by atoms with Crippen molar-refractivity contribution in [2.75, 3.05) is 0 Å². The second-order valence-corrected chi connectivity index (χ2v) is 8.32. The highest BCUT2D eigenvalue weighted by Gasteiger charge is 2.28. The molecule has 0 spiro atoms. The molecule has 0 saturated heterocycles. The molecule has 5 rings (SSSR count). The number of carbonyl (C=O) groups is 1. The minimum Gasteiger partial charge on any atom is -0.479 e. The molecule has 0 fully saturated rings. The lowest BCUT2D eigenvalue weighted by Gasteiger charge is -2.19. The van der Waals surface area contributed by atoms with E-state index in [4.69, 9.17) is 0 Å². The van der Waals surface area contributed by atoms with Gasteiger partial charge >= 0.3 is 11.7 Å². The molecule has 0 aliphatic rings. The van der Waals surface area contributed by atoms with Crippen molar-refractivity contribution in [3.05, 3.63) is 111 Å². The van der Waals surface area contributed by atoms with E-state index in [1.807, 2.05) is 42.9 Å². The molecule has 0 aliphatic carbocycles. The lowest BCUT2D eigenvalue weighted by atomic mass is 10.1. The minimum absolute atomic E-state index is 0.170. The number of fused-ring (bicyclic) bond motifs is 2. The van der Waals surface area contributed by atoms with E-state index in [1.165, 1.54) is 17.0 Å². The Morgan fingerprint density at radius 1 is 1.03 bits per heavy atom. The number of hydrogen-bond acceptors (Lipinski definition) is 4. The van der Waals surface area contributed by atoms with Crippen molar-refractivity contribution in [1.29, 1.82) is 0 Å². The molecule has 1 N–H and O–H groups in total. The van der Waals surface area contributed by atoms with Gasteiger partial charge in [-0.3, -0.25) is 14.3 Å². The zero-order valence-electron chi connectivity index (χ0n) is 18.7. The standard InChI is InChI=1S/C26H22N4O4/c1-16-7-6-10-21-22(16)18(14-28(21)2)15-29-20-11-12-27-13-19(20)24(31)30(26(29)34)23(25(32)33)17-8-4-3-5-9-17/h3-14,23H,15H2,1-2H3,(H,32,33). The average Bonchev–Trinajstić information content (AvgIpc) is 3.16. The molecule has 8 heteroatoms. The Morgan fingerprint density at radius 3 is 2.53 bits per heavy atom. The van der Waals surface area contributed by atoms with Gasteiger partial charge in [-0.05, 0) is 35.7 Å².